The Hall–Kier alpha value is -1.43. The van der Waals surface area contributed by atoms with Gasteiger partial charge in [-0.2, -0.15) is 0 Å². The molecule has 2 N–H and O–H groups in total. The van der Waals surface area contributed by atoms with Gasteiger partial charge in [-0.1, -0.05) is 12.8 Å². The fourth-order valence-electron chi connectivity index (χ4n) is 2.67. The number of carboxylic acid groups (broad SMARTS) is 1. The molecule has 1 aromatic heterocycles. The fraction of sp³-hybridized carbons (Fsp3) is 0.615. The smallest absolute Gasteiger partial charge is 0.308 e. The van der Waals surface area contributed by atoms with Crippen LogP contribution in [-0.4, -0.2) is 27.5 Å². The molecule has 19 heavy (non-hydrogen) atoms. The van der Waals surface area contributed by atoms with E-state index in [0.29, 0.717) is 17.7 Å². The fourth-order valence-corrected chi connectivity index (χ4v) is 3.34. The lowest BCUT2D eigenvalue weighted by atomic mass is 9.74. The molecule has 0 aliphatic heterocycles. The highest BCUT2D eigenvalue weighted by atomic mass is 32.1. The predicted molar refractivity (Wildman–Crippen MR) is 72.3 cm³/mol. The summed E-state index contributed by atoms with van der Waals surface area (Å²) < 4.78 is 0. The zero-order chi connectivity index (χ0) is 14.0. The number of rotatable bonds is 3. The first-order valence-corrected chi connectivity index (χ1v) is 7.22. The lowest BCUT2D eigenvalue weighted by Crippen LogP contribution is -2.55. The minimum Gasteiger partial charge on any atom is -0.481 e. The summed E-state index contributed by atoms with van der Waals surface area (Å²) in [5.41, 5.74) is -0.668. The van der Waals surface area contributed by atoms with E-state index in [1.165, 1.54) is 17.5 Å². The summed E-state index contributed by atoms with van der Waals surface area (Å²) in [4.78, 5) is 28.1. The Morgan fingerprint density at radius 2 is 2.26 bits per heavy atom. The van der Waals surface area contributed by atoms with Gasteiger partial charge in [0.25, 0.3) is 5.91 Å². The topological polar surface area (TPSA) is 79.3 Å². The molecule has 0 bridgehead atoms. The van der Waals surface area contributed by atoms with E-state index in [0.717, 1.165) is 17.8 Å². The van der Waals surface area contributed by atoms with E-state index in [-0.39, 0.29) is 5.91 Å². The van der Waals surface area contributed by atoms with Crippen molar-refractivity contribution in [2.75, 3.05) is 0 Å². The van der Waals surface area contributed by atoms with E-state index < -0.39 is 17.4 Å². The minimum absolute atomic E-state index is 0.221. The van der Waals surface area contributed by atoms with Crippen LogP contribution in [0.2, 0.25) is 0 Å². The summed E-state index contributed by atoms with van der Waals surface area (Å²) >= 11 is 1.32. The maximum atomic E-state index is 12.2. The quantitative estimate of drug-likeness (QED) is 0.891. The van der Waals surface area contributed by atoms with E-state index >= 15 is 0 Å². The number of aryl methyl sites for hydroxylation is 1. The van der Waals surface area contributed by atoms with Crippen LogP contribution < -0.4 is 5.32 Å². The van der Waals surface area contributed by atoms with Crippen molar-refractivity contribution >= 4 is 23.2 Å². The van der Waals surface area contributed by atoms with Crippen molar-refractivity contribution in [2.45, 2.75) is 45.1 Å². The third kappa shape index (κ3) is 2.94. The van der Waals surface area contributed by atoms with Crippen LogP contribution in [0.5, 0.6) is 0 Å². The van der Waals surface area contributed by atoms with E-state index in [4.69, 9.17) is 0 Å². The Bertz CT molecular complexity index is 500. The average molecular weight is 282 g/mol. The number of amides is 1. The second kappa shape index (κ2) is 5.28. The largest absolute Gasteiger partial charge is 0.481 e. The summed E-state index contributed by atoms with van der Waals surface area (Å²) in [5, 5.41) is 13.0. The van der Waals surface area contributed by atoms with E-state index in [9.17, 15) is 14.7 Å². The molecule has 2 rings (SSSR count). The van der Waals surface area contributed by atoms with Crippen LogP contribution in [0.15, 0.2) is 6.20 Å². The van der Waals surface area contributed by atoms with Crippen molar-refractivity contribution in [2.24, 2.45) is 5.92 Å². The maximum absolute atomic E-state index is 12.2. The van der Waals surface area contributed by atoms with Crippen LogP contribution >= 0.6 is 11.3 Å². The average Bonchev–Trinajstić information content (AvgIpc) is 2.75. The van der Waals surface area contributed by atoms with E-state index in [1.807, 2.05) is 13.8 Å². The molecule has 0 saturated heterocycles. The number of carbonyl (C=O) groups excluding carboxylic acids is 1. The van der Waals surface area contributed by atoms with Crippen LogP contribution in [0.3, 0.4) is 0 Å². The Labute approximate surface area is 116 Å². The first kappa shape index (κ1) is 14.0. The van der Waals surface area contributed by atoms with Crippen molar-refractivity contribution in [3.8, 4) is 0 Å². The molecule has 1 aliphatic rings. The van der Waals surface area contributed by atoms with Crippen molar-refractivity contribution in [3.05, 3.63) is 16.1 Å². The van der Waals surface area contributed by atoms with Crippen LogP contribution in [-0.2, 0) is 4.79 Å². The van der Waals surface area contributed by atoms with Crippen molar-refractivity contribution in [1.29, 1.82) is 0 Å². The third-order valence-electron chi connectivity index (χ3n) is 3.75. The highest BCUT2D eigenvalue weighted by molar-refractivity contribution is 7.13. The summed E-state index contributed by atoms with van der Waals surface area (Å²) in [6.45, 7) is 3.67. The first-order valence-electron chi connectivity index (χ1n) is 6.40. The first-order chi connectivity index (χ1) is 8.92. The van der Waals surface area contributed by atoms with Gasteiger partial charge in [-0.15, -0.1) is 11.3 Å². The molecule has 1 aliphatic carbocycles. The maximum Gasteiger partial charge on any atom is 0.308 e. The van der Waals surface area contributed by atoms with Crippen LogP contribution in [0, 0.1) is 12.8 Å². The molecule has 1 fully saturated rings. The molecule has 1 saturated carbocycles. The zero-order valence-corrected chi connectivity index (χ0v) is 11.9. The Morgan fingerprint density at radius 1 is 1.53 bits per heavy atom. The molecular weight excluding hydrogens is 264 g/mol. The number of carbonyl (C=O) groups is 2. The van der Waals surface area contributed by atoms with Crippen molar-refractivity contribution in [3.63, 3.8) is 0 Å². The lowest BCUT2D eigenvalue weighted by molar-refractivity contribution is -0.145. The molecule has 104 valence electrons. The molecule has 0 radical (unpaired) electrons. The summed E-state index contributed by atoms with van der Waals surface area (Å²) in [6.07, 6.45) is 4.71. The molecule has 6 heteroatoms. The molecule has 1 aromatic rings. The molecule has 1 amide bonds. The van der Waals surface area contributed by atoms with Crippen molar-refractivity contribution < 1.29 is 14.7 Å². The van der Waals surface area contributed by atoms with Gasteiger partial charge < -0.3 is 10.4 Å². The Morgan fingerprint density at radius 3 is 2.84 bits per heavy atom. The standard InChI is InChI=1S/C13H18N2O3S/c1-8-14-7-10(19-8)11(16)15-13(2)6-4-3-5-9(13)12(17)18/h7,9H,3-6H2,1-2H3,(H,15,16)(H,17,18). The monoisotopic (exact) mass is 282 g/mol. The Balaban J connectivity index is 2.15. The molecular formula is C13H18N2O3S. The molecule has 0 spiro atoms. The van der Waals surface area contributed by atoms with Crippen molar-refractivity contribution in [1.82, 2.24) is 10.3 Å². The zero-order valence-electron chi connectivity index (χ0n) is 11.1. The predicted octanol–water partition coefficient (Wildman–Crippen LogP) is 2.21. The number of carboxylic acids is 1. The number of nitrogens with zero attached hydrogens (tertiary/aromatic N) is 1. The second-order valence-electron chi connectivity index (χ2n) is 5.25. The summed E-state index contributed by atoms with van der Waals surface area (Å²) in [6, 6.07) is 0. The van der Waals surface area contributed by atoms with E-state index in [2.05, 4.69) is 10.3 Å². The number of thiazole rings is 1. The summed E-state index contributed by atoms with van der Waals surface area (Å²) in [7, 11) is 0. The number of aliphatic carboxylic acids is 1. The van der Waals surface area contributed by atoms with Gasteiger partial charge in [-0.05, 0) is 26.7 Å². The number of nitrogens with one attached hydrogen (secondary N) is 1. The minimum atomic E-state index is -0.831. The number of hydrogen-bond donors (Lipinski definition) is 2. The van der Waals surface area contributed by atoms with Gasteiger partial charge in [0.2, 0.25) is 0 Å². The van der Waals surface area contributed by atoms with Crippen LogP contribution in [0.25, 0.3) is 0 Å². The van der Waals surface area contributed by atoms with Gasteiger partial charge in [-0.3, -0.25) is 9.59 Å². The highest BCUT2D eigenvalue weighted by Crippen LogP contribution is 2.34. The van der Waals surface area contributed by atoms with Gasteiger partial charge in [0.1, 0.15) is 4.88 Å². The third-order valence-corrected chi connectivity index (χ3v) is 4.66. The normalized spacial score (nSPS) is 26.9. The molecule has 2 atom stereocenters. The van der Waals surface area contributed by atoms with Gasteiger partial charge in [0, 0.05) is 0 Å². The Kier molecular flexibility index (Phi) is 3.89. The van der Waals surface area contributed by atoms with Crippen LogP contribution in [0.4, 0.5) is 0 Å². The van der Waals surface area contributed by atoms with Gasteiger partial charge >= 0.3 is 5.97 Å². The van der Waals surface area contributed by atoms with Gasteiger partial charge in [-0.25, -0.2) is 4.98 Å². The SMILES string of the molecule is Cc1ncc(C(=O)NC2(C)CCCCC2C(=O)O)s1. The highest BCUT2D eigenvalue weighted by Gasteiger charge is 2.42. The lowest BCUT2D eigenvalue weighted by Gasteiger charge is -2.39. The van der Waals surface area contributed by atoms with Gasteiger partial charge in [0.15, 0.2) is 0 Å². The van der Waals surface area contributed by atoms with E-state index in [1.54, 1.807) is 0 Å². The molecule has 1 heterocycles. The number of aromatic nitrogens is 1. The second-order valence-corrected chi connectivity index (χ2v) is 6.49. The summed E-state index contributed by atoms with van der Waals surface area (Å²) in [5.74, 6) is -1.57. The van der Waals surface area contributed by atoms with Gasteiger partial charge in [0.05, 0.1) is 22.7 Å². The van der Waals surface area contributed by atoms with Crippen LogP contribution in [0.1, 0.15) is 47.3 Å². The molecule has 0 aromatic carbocycles. The molecule has 2 unspecified atom stereocenters. The number of hydrogen-bond acceptors (Lipinski definition) is 4. The molecule has 5 nitrogen and oxygen atoms in total.